The summed E-state index contributed by atoms with van der Waals surface area (Å²) in [4.78, 5) is 2.07. The molecule has 1 aromatic heterocycles. The molecule has 7 heteroatoms. The van der Waals surface area contributed by atoms with Gasteiger partial charge in [-0.05, 0) is 53.8 Å². The fourth-order valence-electron chi connectivity index (χ4n) is 2.05. The molecule has 0 aliphatic rings. The highest BCUT2D eigenvalue weighted by atomic mass is 79.9. The van der Waals surface area contributed by atoms with Crippen molar-refractivity contribution in [2.75, 3.05) is 20.6 Å². The van der Waals surface area contributed by atoms with Gasteiger partial charge in [-0.15, -0.1) is 0 Å². The van der Waals surface area contributed by atoms with E-state index in [9.17, 15) is 4.39 Å². The van der Waals surface area contributed by atoms with Crippen LogP contribution in [0.1, 0.15) is 17.3 Å². The van der Waals surface area contributed by atoms with E-state index in [1.165, 1.54) is 12.1 Å². The van der Waals surface area contributed by atoms with Crippen LogP contribution in [0.5, 0.6) is 0 Å². The van der Waals surface area contributed by atoms with Gasteiger partial charge in [-0.1, -0.05) is 15.9 Å². The van der Waals surface area contributed by atoms with Gasteiger partial charge in [0.1, 0.15) is 5.82 Å². The lowest BCUT2D eigenvalue weighted by Crippen LogP contribution is -2.23. The smallest absolute Gasteiger partial charge is 0.123 e. The average molecular weight is 420 g/mol. The highest BCUT2D eigenvalue weighted by Crippen LogP contribution is 2.31. The van der Waals surface area contributed by atoms with Crippen LogP contribution >= 0.6 is 31.9 Å². The molecule has 4 nitrogen and oxygen atoms in total. The predicted octanol–water partition coefficient (Wildman–Crippen LogP) is 3.16. The van der Waals surface area contributed by atoms with Gasteiger partial charge in [0.2, 0.25) is 0 Å². The monoisotopic (exact) mass is 418 g/mol. The number of likely N-dealkylation sites (N-methyl/N-ethyl adjacent to an activating group) is 1. The Morgan fingerprint density at radius 2 is 2.05 bits per heavy atom. The van der Waals surface area contributed by atoms with Gasteiger partial charge in [0.15, 0.2) is 0 Å². The molecule has 2 aromatic rings. The largest absolute Gasteiger partial charge is 0.319 e. The molecule has 0 saturated carbocycles. The van der Waals surface area contributed by atoms with Crippen molar-refractivity contribution in [1.82, 2.24) is 14.7 Å². The van der Waals surface area contributed by atoms with Crippen molar-refractivity contribution < 1.29 is 4.39 Å². The minimum Gasteiger partial charge on any atom is -0.319 e. The van der Waals surface area contributed by atoms with E-state index < -0.39 is 6.04 Å². The fourth-order valence-corrected chi connectivity index (χ4v) is 3.09. The third-order valence-electron chi connectivity index (χ3n) is 3.18. The Labute approximate surface area is 140 Å². The van der Waals surface area contributed by atoms with Crippen molar-refractivity contribution in [3.8, 4) is 0 Å². The second-order valence-corrected chi connectivity index (χ2v) is 6.76. The number of benzene rings is 1. The van der Waals surface area contributed by atoms with E-state index >= 15 is 0 Å². The maximum absolute atomic E-state index is 13.5. The summed E-state index contributed by atoms with van der Waals surface area (Å²) in [6, 6.07) is 4.05. The van der Waals surface area contributed by atoms with Crippen LogP contribution in [0.4, 0.5) is 4.39 Å². The van der Waals surface area contributed by atoms with Crippen LogP contribution in [0.25, 0.3) is 0 Å². The molecule has 0 radical (unpaired) electrons. The summed E-state index contributed by atoms with van der Waals surface area (Å²) in [5.41, 5.74) is 7.87. The maximum atomic E-state index is 13.5. The first kappa shape index (κ1) is 16.6. The molecule has 0 bridgehead atoms. The molecule has 1 unspecified atom stereocenters. The number of halogens is 3. The molecule has 2 rings (SSSR count). The molecule has 1 aromatic carbocycles. The van der Waals surface area contributed by atoms with E-state index in [2.05, 4.69) is 41.9 Å². The Morgan fingerprint density at radius 3 is 2.71 bits per heavy atom. The number of hydrogen-bond donors (Lipinski definition) is 1. The van der Waals surface area contributed by atoms with Crippen LogP contribution in [-0.4, -0.2) is 35.3 Å². The van der Waals surface area contributed by atoms with Crippen molar-refractivity contribution in [1.29, 1.82) is 0 Å². The van der Waals surface area contributed by atoms with Crippen molar-refractivity contribution in [2.24, 2.45) is 5.73 Å². The maximum Gasteiger partial charge on any atom is 0.123 e. The Bertz CT molecular complexity index is 627. The van der Waals surface area contributed by atoms with Gasteiger partial charge in [-0.3, -0.25) is 4.68 Å². The Balaban J connectivity index is 2.36. The first-order valence-electron chi connectivity index (χ1n) is 6.46. The number of hydrogen-bond acceptors (Lipinski definition) is 3. The average Bonchev–Trinajstić information content (AvgIpc) is 2.79. The second-order valence-electron chi connectivity index (χ2n) is 5.05. The van der Waals surface area contributed by atoms with E-state index in [0.29, 0.717) is 12.1 Å². The molecule has 0 amide bonds. The zero-order valence-corrected chi connectivity index (χ0v) is 15.0. The Kier molecular flexibility index (Phi) is 5.54. The summed E-state index contributed by atoms with van der Waals surface area (Å²) in [6.07, 6.45) is 1.72. The van der Waals surface area contributed by atoms with Gasteiger partial charge in [0.05, 0.1) is 29.0 Å². The molecule has 2 N–H and O–H groups in total. The molecule has 0 fully saturated rings. The normalized spacial score (nSPS) is 12.9. The van der Waals surface area contributed by atoms with Crippen LogP contribution < -0.4 is 5.73 Å². The van der Waals surface area contributed by atoms with E-state index in [0.717, 1.165) is 21.2 Å². The number of rotatable bonds is 5. The quantitative estimate of drug-likeness (QED) is 0.809. The van der Waals surface area contributed by atoms with Crippen LogP contribution in [0.15, 0.2) is 33.3 Å². The highest BCUT2D eigenvalue weighted by Gasteiger charge is 2.20. The van der Waals surface area contributed by atoms with Gasteiger partial charge in [0, 0.05) is 11.0 Å². The Morgan fingerprint density at radius 1 is 1.33 bits per heavy atom. The first-order chi connectivity index (χ1) is 9.90. The van der Waals surface area contributed by atoms with Crippen molar-refractivity contribution >= 4 is 31.9 Å². The standard InChI is InChI=1S/C14H17Br2FN4/c1-20(2)5-6-21-14(12(16)8-19-21)13(18)10-7-9(17)3-4-11(10)15/h3-4,7-8,13H,5-6,18H2,1-2H3. The number of nitrogens with zero attached hydrogens (tertiary/aromatic N) is 3. The summed E-state index contributed by atoms with van der Waals surface area (Å²) in [5, 5.41) is 4.34. The lowest BCUT2D eigenvalue weighted by molar-refractivity contribution is 0.368. The summed E-state index contributed by atoms with van der Waals surface area (Å²) < 4.78 is 16.9. The zero-order chi connectivity index (χ0) is 15.6. The SMILES string of the molecule is CN(C)CCn1ncc(Br)c1C(N)c1cc(F)ccc1Br. The van der Waals surface area contributed by atoms with E-state index in [1.54, 1.807) is 12.3 Å². The van der Waals surface area contributed by atoms with Crippen molar-refractivity contribution in [2.45, 2.75) is 12.6 Å². The van der Waals surface area contributed by atoms with Crippen molar-refractivity contribution in [3.05, 3.63) is 50.4 Å². The highest BCUT2D eigenvalue weighted by molar-refractivity contribution is 9.10. The second kappa shape index (κ2) is 7.00. The molecular weight excluding hydrogens is 403 g/mol. The van der Waals surface area contributed by atoms with Crippen molar-refractivity contribution in [3.63, 3.8) is 0 Å². The first-order valence-corrected chi connectivity index (χ1v) is 8.05. The van der Waals surface area contributed by atoms with Gasteiger partial charge in [-0.2, -0.15) is 5.10 Å². The number of aromatic nitrogens is 2. The summed E-state index contributed by atoms with van der Waals surface area (Å²) >= 11 is 6.91. The fraction of sp³-hybridized carbons (Fsp3) is 0.357. The molecular formula is C14H17Br2FN4. The van der Waals surface area contributed by atoms with Crippen LogP contribution in [-0.2, 0) is 6.54 Å². The number of nitrogens with two attached hydrogens (primary N) is 1. The van der Waals surface area contributed by atoms with E-state index in [4.69, 9.17) is 5.73 Å². The van der Waals surface area contributed by atoms with E-state index in [1.807, 2.05) is 18.8 Å². The van der Waals surface area contributed by atoms with Gasteiger partial charge >= 0.3 is 0 Å². The van der Waals surface area contributed by atoms with Gasteiger partial charge in [0.25, 0.3) is 0 Å². The van der Waals surface area contributed by atoms with E-state index in [-0.39, 0.29) is 5.82 Å². The lowest BCUT2D eigenvalue weighted by atomic mass is 10.0. The molecule has 21 heavy (non-hydrogen) atoms. The third-order valence-corrected chi connectivity index (χ3v) is 4.51. The molecule has 0 aliphatic heterocycles. The third kappa shape index (κ3) is 3.91. The predicted molar refractivity (Wildman–Crippen MR) is 88.6 cm³/mol. The summed E-state index contributed by atoms with van der Waals surface area (Å²) in [6.45, 7) is 1.56. The Hall–Kier alpha value is -0.760. The summed E-state index contributed by atoms with van der Waals surface area (Å²) in [5.74, 6) is -0.306. The van der Waals surface area contributed by atoms with Crippen LogP contribution in [0, 0.1) is 5.82 Å². The molecule has 1 heterocycles. The van der Waals surface area contributed by atoms with Gasteiger partial charge < -0.3 is 10.6 Å². The molecule has 0 saturated heterocycles. The topological polar surface area (TPSA) is 47.1 Å². The zero-order valence-electron chi connectivity index (χ0n) is 11.9. The van der Waals surface area contributed by atoms with Crippen LogP contribution in [0.2, 0.25) is 0 Å². The summed E-state index contributed by atoms with van der Waals surface area (Å²) in [7, 11) is 4.00. The molecule has 114 valence electrons. The van der Waals surface area contributed by atoms with Crippen LogP contribution in [0.3, 0.4) is 0 Å². The molecule has 0 spiro atoms. The minimum atomic E-state index is -0.464. The van der Waals surface area contributed by atoms with Gasteiger partial charge in [-0.25, -0.2) is 4.39 Å². The molecule has 0 aliphatic carbocycles. The minimum absolute atomic E-state index is 0.306. The lowest BCUT2D eigenvalue weighted by Gasteiger charge is -2.18. The molecule has 1 atom stereocenters.